The summed E-state index contributed by atoms with van der Waals surface area (Å²) in [5.41, 5.74) is 16.3. The van der Waals surface area contributed by atoms with Crippen molar-refractivity contribution < 1.29 is 0 Å². The minimum atomic E-state index is -0.0644. The third-order valence-corrected chi connectivity index (χ3v) is 11.0. The van der Waals surface area contributed by atoms with Crippen LogP contribution < -0.4 is 4.90 Å². The lowest BCUT2D eigenvalue weighted by atomic mass is 9.82. The highest BCUT2D eigenvalue weighted by molar-refractivity contribution is 6.30. The van der Waals surface area contributed by atoms with Gasteiger partial charge in [-0.15, -0.1) is 0 Å². The van der Waals surface area contributed by atoms with Crippen LogP contribution in [0.4, 0.5) is 17.1 Å². The normalized spacial score (nSPS) is 14.2. The highest BCUT2D eigenvalue weighted by atomic mass is 15.2. The van der Waals surface area contributed by atoms with Gasteiger partial charge < -0.3 is 14.0 Å². The van der Waals surface area contributed by atoms with Crippen LogP contribution in [0.5, 0.6) is 0 Å². The van der Waals surface area contributed by atoms with Gasteiger partial charge in [0.05, 0.1) is 39.1 Å². The molecule has 1 aliphatic heterocycles. The standard InChI is InChI=1S/C45H31N3/c1-45(2)34-18-8-6-15-30(34)31-24-23-29(27-35(31)45)47-36-19-9-7-16-32(36)42-39(47)25-26-40-43(42)33-17-12-22-41-44(33)48(40)38-21-11-10-20-37(38)46(41)28-13-4-3-5-14-28/h3-27H,1-2H3. The van der Waals surface area contributed by atoms with Crippen LogP contribution in [0.1, 0.15) is 25.0 Å². The second-order valence-electron chi connectivity index (χ2n) is 13.8. The Kier molecular flexibility index (Phi) is 4.91. The van der Waals surface area contributed by atoms with Gasteiger partial charge in [0.1, 0.15) is 0 Å². The highest BCUT2D eigenvalue weighted by Gasteiger charge is 2.36. The van der Waals surface area contributed by atoms with Gasteiger partial charge in [-0.25, -0.2) is 0 Å². The fourth-order valence-electron chi connectivity index (χ4n) is 8.96. The predicted octanol–water partition coefficient (Wildman–Crippen LogP) is 12.0. The van der Waals surface area contributed by atoms with E-state index in [2.05, 4.69) is 180 Å². The van der Waals surface area contributed by atoms with Crippen molar-refractivity contribution in [2.75, 3.05) is 4.90 Å². The zero-order valence-corrected chi connectivity index (χ0v) is 26.8. The van der Waals surface area contributed by atoms with Gasteiger partial charge in [-0.1, -0.05) is 105 Å². The fraction of sp³-hybridized carbons (Fsp3) is 0.0667. The maximum atomic E-state index is 2.50. The summed E-state index contributed by atoms with van der Waals surface area (Å²) < 4.78 is 4.98. The van der Waals surface area contributed by atoms with Crippen LogP contribution in [-0.4, -0.2) is 9.13 Å². The Morgan fingerprint density at radius 1 is 0.417 bits per heavy atom. The van der Waals surface area contributed by atoms with E-state index >= 15 is 0 Å². The Morgan fingerprint density at radius 2 is 1.06 bits per heavy atom. The van der Waals surface area contributed by atoms with Crippen molar-refractivity contribution in [2.45, 2.75) is 19.3 Å². The van der Waals surface area contributed by atoms with Crippen molar-refractivity contribution in [3.8, 4) is 22.5 Å². The molecule has 9 aromatic rings. The molecule has 0 atom stereocenters. The van der Waals surface area contributed by atoms with E-state index < -0.39 is 0 Å². The number of benzene rings is 7. The molecule has 7 aromatic carbocycles. The van der Waals surface area contributed by atoms with Crippen LogP contribution >= 0.6 is 0 Å². The third kappa shape index (κ3) is 3.14. The lowest BCUT2D eigenvalue weighted by molar-refractivity contribution is 0.660. The number of nitrogens with zero attached hydrogens (tertiary/aromatic N) is 3. The summed E-state index contributed by atoms with van der Waals surface area (Å²) in [6.07, 6.45) is 0. The van der Waals surface area contributed by atoms with Gasteiger partial charge >= 0.3 is 0 Å². The first kappa shape index (κ1) is 26.1. The molecule has 226 valence electrons. The number of hydrogen-bond acceptors (Lipinski definition) is 1. The van der Waals surface area contributed by atoms with E-state index in [0.717, 1.165) is 5.69 Å². The Morgan fingerprint density at radius 3 is 1.94 bits per heavy atom. The van der Waals surface area contributed by atoms with E-state index in [1.165, 1.54) is 88.6 Å². The molecule has 0 bridgehead atoms. The van der Waals surface area contributed by atoms with Crippen LogP contribution in [0.2, 0.25) is 0 Å². The molecule has 0 N–H and O–H groups in total. The molecule has 0 radical (unpaired) electrons. The molecular formula is C45H31N3. The molecule has 2 aromatic heterocycles. The Hall–Kier alpha value is -6.06. The topological polar surface area (TPSA) is 13.1 Å². The average Bonchev–Trinajstić information content (AvgIpc) is 3.73. The number of fused-ring (bicyclic) bond motifs is 12. The van der Waals surface area contributed by atoms with E-state index in [-0.39, 0.29) is 5.41 Å². The molecule has 11 rings (SSSR count). The van der Waals surface area contributed by atoms with Crippen molar-refractivity contribution in [3.63, 3.8) is 0 Å². The number of aromatic nitrogens is 2. The molecule has 0 amide bonds. The third-order valence-electron chi connectivity index (χ3n) is 11.0. The van der Waals surface area contributed by atoms with E-state index in [1.807, 2.05) is 0 Å². The first-order chi connectivity index (χ1) is 23.6. The molecule has 3 heterocycles. The van der Waals surface area contributed by atoms with Gasteiger partial charge in [-0.05, 0) is 82.9 Å². The molecule has 0 saturated carbocycles. The monoisotopic (exact) mass is 613 g/mol. The summed E-state index contributed by atoms with van der Waals surface area (Å²) in [7, 11) is 0. The summed E-state index contributed by atoms with van der Waals surface area (Å²) in [5, 5.41) is 5.16. The van der Waals surface area contributed by atoms with E-state index in [1.54, 1.807) is 0 Å². The molecule has 0 spiro atoms. The van der Waals surface area contributed by atoms with Gasteiger partial charge in [-0.2, -0.15) is 0 Å². The van der Waals surface area contributed by atoms with Crippen LogP contribution in [0.15, 0.2) is 152 Å². The SMILES string of the molecule is CC1(C)c2ccccc2-c2ccc(-n3c4ccccc4c4c5c6cccc7c6n(c5ccc43)-c3ccccc3N7c3ccccc3)cc21. The zero-order valence-electron chi connectivity index (χ0n) is 26.8. The summed E-state index contributed by atoms with van der Waals surface area (Å²) in [6, 6.07) is 56.0. The van der Waals surface area contributed by atoms with Gasteiger partial charge in [-0.3, -0.25) is 0 Å². The van der Waals surface area contributed by atoms with Crippen LogP contribution in [-0.2, 0) is 5.41 Å². The summed E-state index contributed by atoms with van der Waals surface area (Å²) >= 11 is 0. The molecular weight excluding hydrogens is 583 g/mol. The maximum absolute atomic E-state index is 2.50. The smallest absolute Gasteiger partial charge is 0.0783 e. The van der Waals surface area contributed by atoms with E-state index in [4.69, 9.17) is 0 Å². The molecule has 3 nitrogen and oxygen atoms in total. The first-order valence-corrected chi connectivity index (χ1v) is 16.8. The maximum Gasteiger partial charge on any atom is 0.0783 e. The van der Waals surface area contributed by atoms with Crippen molar-refractivity contribution in [1.82, 2.24) is 9.13 Å². The Labute approximate surface area is 278 Å². The van der Waals surface area contributed by atoms with Gasteiger partial charge in [0.2, 0.25) is 0 Å². The molecule has 0 fully saturated rings. The van der Waals surface area contributed by atoms with Crippen molar-refractivity contribution in [2.24, 2.45) is 0 Å². The summed E-state index contributed by atoms with van der Waals surface area (Å²) in [4.78, 5) is 2.42. The molecule has 2 aliphatic rings. The van der Waals surface area contributed by atoms with Crippen molar-refractivity contribution in [3.05, 3.63) is 163 Å². The van der Waals surface area contributed by atoms with Crippen LogP contribution in [0.25, 0.3) is 66.1 Å². The summed E-state index contributed by atoms with van der Waals surface area (Å²) in [6.45, 7) is 4.72. The van der Waals surface area contributed by atoms with Crippen molar-refractivity contribution >= 4 is 60.7 Å². The molecule has 0 saturated heterocycles. The van der Waals surface area contributed by atoms with E-state index in [0.29, 0.717) is 0 Å². The molecule has 3 heteroatoms. The van der Waals surface area contributed by atoms with Gasteiger partial charge in [0, 0.05) is 38.3 Å². The molecule has 0 unspecified atom stereocenters. The minimum absolute atomic E-state index is 0.0644. The fourth-order valence-corrected chi connectivity index (χ4v) is 8.96. The lowest BCUT2D eigenvalue weighted by Crippen LogP contribution is -2.17. The Bertz CT molecular complexity index is 2810. The first-order valence-electron chi connectivity index (χ1n) is 16.8. The molecule has 48 heavy (non-hydrogen) atoms. The number of hydrogen-bond donors (Lipinski definition) is 0. The average molecular weight is 614 g/mol. The number of para-hydroxylation sites is 5. The van der Waals surface area contributed by atoms with Crippen molar-refractivity contribution in [1.29, 1.82) is 0 Å². The Balaban J connectivity index is 1.25. The quantitative estimate of drug-likeness (QED) is 0.189. The second kappa shape index (κ2) is 9.05. The predicted molar refractivity (Wildman–Crippen MR) is 201 cm³/mol. The largest absolute Gasteiger partial charge is 0.309 e. The second-order valence-corrected chi connectivity index (χ2v) is 13.8. The zero-order chi connectivity index (χ0) is 31.7. The van der Waals surface area contributed by atoms with E-state index in [9.17, 15) is 0 Å². The lowest BCUT2D eigenvalue weighted by Gasteiger charge is -2.33. The number of anilines is 3. The minimum Gasteiger partial charge on any atom is -0.309 e. The van der Waals surface area contributed by atoms with Gasteiger partial charge in [0.15, 0.2) is 0 Å². The molecule has 1 aliphatic carbocycles. The van der Waals surface area contributed by atoms with Crippen LogP contribution in [0, 0.1) is 0 Å². The number of rotatable bonds is 2. The van der Waals surface area contributed by atoms with Crippen LogP contribution in [0.3, 0.4) is 0 Å². The summed E-state index contributed by atoms with van der Waals surface area (Å²) in [5.74, 6) is 0. The van der Waals surface area contributed by atoms with Gasteiger partial charge in [0.25, 0.3) is 0 Å². The highest BCUT2D eigenvalue weighted by Crippen LogP contribution is 2.52.